The third-order valence-corrected chi connectivity index (χ3v) is 1.22. The molecule has 0 bridgehead atoms. The molecule has 0 fully saturated rings. The highest BCUT2D eigenvalue weighted by molar-refractivity contribution is 5.77. The van der Waals surface area contributed by atoms with Crippen molar-refractivity contribution >= 4 is 5.91 Å². The van der Waals surface area contributed by atoms with Crippen molar-refractivity contribution in [3.63, 3.8) is 0 Å². The molecule has 0 atom stereocenters. The predicted octanol–water partition coefficient (Wildman–Crippen LogP) is -1.14. The Balaban J connectivity index is 2.64. The van der Waals surface area contributed by atoms with Gasteiger partial charge in [0, 0.05) is 7.05 Å². The number of carbonyl (C=O) groups is 1. The van der Waals surface area contributed by atoms with Crippen LogP contribution in [-0.2, 0) is 11.2 Å². The molecule has 0 spiro atoms. The van der Waals surface area contributed by atoms with E-state index in [2.05, 4.69) is 25.7 Å². The van der Waals surface area contributed by atoms with Gasteiger partial charge in [0.05, 0.1) is 6.42 Å². The summed E-state index contributed by atoms with van der Waals surface area (Å²) >= 11 is 0. The van der Waals surface area contributed by atoms with Crippen LogP contribution in [0.2, 0.25) is 0 Å². The molecule has 0 radical (unpaired) electrons. The largest absolute Gasteiger partial charge is 0.359 e. The molecule has 1 aromatic rings. The van der Waals surface area contributed by atoms with Crippen LogP contribution in [0.4, 0.5) is 0 Å². The summed E-state index contributed by atoms with van der Waals surface area (Å²) in [5.74, 6) is 0.679. The molecule has 0 aliphatic rings. The highest BCUT2D eigenvalue weighted by Gasteiger charge is 2.03. The second-order valence-corrected chi connectivity index (χ2v) is 2.21. The van der Waals surface area contributed by atoms with Gasteiger partial charge in [0.15, 0.2) is 11.6 Å². The Morgan fingerprint density at radius 2 is 1.92 bits per heavy atom. The fourth-order valence-corrected chi connectivity index (χ4v) is 0.603. The third kappa shape index (κ3) is 2.22. The number of nitrogens with zero attached hydrogens (tertiary/aromatic N) is 4. The Morgan fingerprint density at radius 1 is 1.33 bits per heavy atom. The predicted molar refractivity (Wildman–Crippen MR) is 40.1 cm³/mol. The van der Waals surface area contributed by atoms with Crippen LogP contribution in [0.25, 0.3) is 0 Å². The van der Waals surface area contributed by atoms with Gasteiger partial charge < -0.3 is 5.32 Å². The third-order valence-electron chi connectivity index (χ3n) is 1.22. The maximum absolute atomic E-state index is 10.8. The smallest absolute Gasteiger partial charge is 0.227 e. The van der Waals surface area contributed by atoms with E-state index in [1.165, 1.54) is 0 Å². The molecule has 12 heavy (non-hydrogen) atoms. The second-order valence-electron chi connectivity index (χ2n) is 2.21. The number of aromatic nitrogens is 4. The zero-order valence-electron chi connectivity index (χ0n) is 6.90. The van der Waals surface area contributed by atoms with Crippen LogP contribution in [0.5, 0.6) is 0 Å². The number of carbonyl (C=O) groups excluding carboxylic acids is 1. The molecule has 1 heterocycles. The lowest BCUT2D eigenvalue weighted by Crippen LogP contribution is -2.21. The maximum Gasteiger partial charge on any atom is 0.227 e. The number of amides is 1. The van der Waals surface area contributed by atoms with Crippen LogP contribution < -0.4 is 5.32 Å². The van der Waals surface area contributed by atoms with Gasteiger partial charge >= 0.3 is 0 Å². The van der Waals surface area contributed by atoms with Crippen molar-refractivity contribution in [1.82, 2.24) is 25.7 Å². The summed E-state index contributed by atoms with van der Waals surface area (Å²) in [4.78, 5) is 10.8. The van der Waals surface area contributed by atoms with Crippen LogP contribution in [0.15, 0.2) is 0 Å². The van der Waals surface area contributed by atoms with Gasteiger partial charge in [-0.1, -0.05) is 0 Å². The molecule has 0 unspecified atom stereocenters. The Labute approximate surface area is 69.4 Å². The minimum Gasteiger partial charge on any atom is -0.359 e. The van der Waals surface area contributed by atoms with Crippen molar-refractivity contribution in [2.75, 3.05) is 7.05 Å². The summed E-state index contributed by atoms with van der Waals surface area (Å²) < 4.78 is 0. The van der Waals surface area contributed by atoms with Gasteiger partial charge in [0.1, 0.15) is 0 Å². The lowest BCUT2D eigenvalue weighted by Gasteiger charge is -1.96. The van der Waals surface area contributed by atoms with Crippen molar-refractivity contribution in [3.05, 3.63) is 11.6 Å². The Hall–Kier alpha value is -1.59. The lowest BCUT2D eigenvalue weighted by atomic mass is 10.4. The van der Waals surface area contributed by atoms with E-state index < -0.39 is 0 Å². The van der Waals surface area contributed by atoms with E-state index in [-0.39, 0.29) is 12.3 Å². The van der Waals surface area contributed by atoms with Crippen molar-refractivity contribution in [1.29, 1.82) is 0 Å². The molecule has 0 saturated carbocycles. The van der Waals surface area contributed by atoms with Gasteiger partial charge in [0.2, 0.25) is 5.91 Å². The molecular formula is C6H9N5O. The number of hydrogen-bond donors (Lipinski definition) is 1. The van der Waals surface area contributed by atoms with E-state index in [0.717, 1.165) is 0 Å². The first-order valence-electron chi connectivity index (χ1n) is 3.46. The minimum absolute atomic E-state index is 0.122. The number of hydrogen-bond acceptors (Lipinski definition) is 5. The maximum atomic E-state index is 10.8. The Kier molecular flexibility index (Phi) is 2.62. The Bertz CT molecular complexity index is 270. The molecule has 0 saturated heterocycles. The van der Waals surface area contributed by atoms with Gasteiger partial charge in [-0.15, -0.1) is 20.4 Å². The van der Waals surface area contributed by atoms with Crippen LogP contribution in [0.3, 0.4) is 0 Å². The average molecular weight is 167 g/mol. The van der Waals surface area contributed by atoms with E-state index in [0.29, 0.717) is 11.6 Å². The summed E-state index contributed by atoms with van der Waals surface area (Å²) in [6.07, 6.45) is 0.122. The van der Waals surface area contributed by atoms with Crippen molar-refractivity contribution < 1.29 is 4.79 Å². The number of nitrogens with one attached hydrogen (secondary N) is 1. The van der Waals surface area contributed by atoms with E-state index in [9.17, 15) is 4.79 Å². The van der Waals surface area contributed by atoms with Gasteiger partial charge in [0.25, 0.3) is 0 Å². The topological polar surface area (TPSA) is 80.7 Å². The van der Waals surface area contributed by atoms with Gasteiger partial charge in [-0.05, 0) is 6.92 Å². The van der Waals surface area contributed by atoms with E-state index in [1.807, 2.05) is 0 Å². The average Bonchev–Trinajstić information content (AvgIpc) is 2.09. The molecular weight excluding hydrogens is 158 g/mol. The molecule has 1 N–H and O–H groups in total. The first kappa shape index (κ1) is 8.51. The SMILES string of the molecule is CNC(=O)Cc1nnc(C)nn1. The van der Waals surface area contributed by atoms with Gasteiger partial charge in [-0.3, -0.25) is 4.79 Å². The van der Waals surface area contributed by atoms with Gasteiger partial charge in [-0.2, -0.15) is 0 Å². The highest BCUT2D eigenvalue weighted by atomic mass is 16.1. The molecule has 0 aliphatic carbocycles. The van der Waals surface area contributed by atoms with E-state index in [4.69, 9.17) is 0 Å². The molecule has 64 valence electrons. The first-order valence-corrected chi connectivity index (χ1v) is 3.46. The summed E-state index contributed by atoms with van der Waals surface area (Å²) in [6, 6.07) is 0. The van der Waals surface area contributed by atoms with Crippen LogP contribution in [0.1, 0.15) is 11.6 Å². The Morgan fingerprint density at radius 3 is 2.42 bits per heavy atom. The zero-order chi connectivity index (χ0) is 8.97. The van der Waals surface area contributed by atoms with Crippen LogP contribution in [0, 0.1) is 6.92 Å². The standard InChI is InChI=1S/C6H9N5O/c1-4-8-10-5(11-9-4)3-6(12)7-2/h3H2,1-2H3,(H,7,12). The van der Waals surface area contributed by atoms with Crippen molar-refractivity contribution in [3.8, 4) is 0 Å². The second kappa shape index (κ2) is 3.70. The molecule has 1 rings (SSSR count). The number of aryl methyl sites for hydroxylation is 1. The summed E-state index contributed by atoms with van der Waals surface area (Å²) in [6.45, 7) is 1.68. The fourth-order valence-electron chi connectivity index (χ4n) is 0.603. The summed E-state index contributed by atoms with van der Waals surface area (Å²) in [5.41, 5.74) is 0. The summed E-state index contributed by atoms with van der Waals surface area (Å²) in [5, 5.41) is 17.1. The zero-order valence-corrected chi connectivity index (χ0v) is 6.90. The molecule has 0 aliphatic heterocycles. The van der Waals surface area contributed by atoms with Crippen molar-refractivity contribution in [2.24, 2.45) is 0 Å². The molecule has 6 nitrogen and oxygen atoms in total. The minimum atomic E-state index is -0.151. The van der Waals surface area contributed by atoms with Gasteiger partial charge in [-0.25, -0.2) is 0 Å². The number of rotatable bonds is 2. The molecule has 1 aromatic heterocycles. The monoisotopic (exact) mass is 167 g/mol. The first-order chi connectivity index (χ1) is 5.72. The quantitative estimate of drug-likeness (QED) is 0.602. The molecule has 6 heteroatoms. The summed E-state index contributed by atoms with van der Waals surface area (Å²) in [7, 11) is 1.55. The molecule has 1 amide bonds. The van der Waals surface area contributed by atoms with Crippen LogP contribution >= 0.6 is 0 Å². The fraction of sp³-hybridized carbons (Fsp3) is 0.500. The van der Waals surface area contributed by atoms with E-state index >= 15 is 0 Å². The number of likely N-dealkylation sites (N-methyl/N-ethyl adjacent to an activating group) is 1. The van der Waals surface area contributed by atoms with Crippen LogP contribution in [-0.4, -0.2) is 33.3 Å². The van der Waals surface area contributed by atoms with E-state index in [1.54, 1.807) is 14.0 Å². The molecule has 0 aromatic carbocycles. The normalized spacial score (nSPS) is 9.50. The highest BCUT2D eigenvalue weighted by Crippen LogP contribution is 1.86. The lowest BCUT2D eigenvalue weighted by molar-refractivity contribution is -0.120. The van der Waals surface area contributed by atoms with Crippen molar-refractivity contribution in [2.45, 2.75) is 13.3 Å².